The first-order chi connectivity index (χ1) is 9.01. The Morgan fingerprint density at radius 2 is 2.16 bits per heavy atom. The highest BCUT2D eigenvalue weighted by Gasteiger charge is 2.12. The van der Waals surface area contributed by atoms with Crippen LogP contribution in [0.2, 0.25) is 5.15 Å². The SMILES string of the molecule is Cc1nn(C)c(Cl)c1COc1cc(F)cc(CO)c1. The van der Waals surface area contributed by atoms with Crippen molar-refractivity contribution in [3.05, 3.63) is 46.0 Å². The lowest BCUT2D eigenvalue weighted by molar-refractivity contribution is 0.276. The lowest BCUT2D eigenvalue weighted by atomic mass is 10.2. The quantitative estimate of drug-likeness (QED) is 0.939. The highest BCUT2D eigenvalue weighted by Crippen LogP contribution is 2.22. The molecule has 0 saturated heterocycles. The monoisotopic (exact) mass is 284 g/mol. The van der Waals surface area contributed by atoms with Crippen molar-refractivity contribution < 1.29 is 14.2 Å². The van der Waals surface area contributed by atoms with E-state index >= 15 is 0 Å². The van der Waals surface area contributed by atoms with Gasteiger partial charge in [0, 0.05) is 18.7 Å². The molecular formula is C13H14ClFN2O2. The number of halogens is 2. The molecular weight excluding hydrogens is 271 g/mol. The zero-order chi connectivity index (χ0) is 14.0. The second-order valence-electron chi connectivity index (χ2n) is 4.22. The molecule has 19 heavy (non-hydrogen) atoms. The highest BCUT2D eigenvalue weighted by atomic mass is 35.5. The van der Waals surface area contributed by atoms with Crippen molar-refractivity contribution in [3.63, 3.8) is 0 Å². The minimum absolute atomic E-state index is 0.201. The van der Waals surface area contributed by atoms with Gasteiger partial charge in [0.15, 0.2) is 0 Å². The van der Waals surface area contributed by atoms with Crippen molar-refractivity contribution in [2.24, 2.45) is 7.05 Å². The van der Waals surface area contributed by atoms with Crippen molar-refractivity contribution >= 4 is 11.6 Å². The second kappa shape index (κ2) is 5.59. The zero-order valence-corrected chi connectivity index (χ0v) is 11.4. The summed E-state index contributed by atoms with van der Waals surface area (Å²) >= 11 is 6.08. The lowest BCUT2D eigenvalue weighted by Gasteiger charge is -2.08. The van der Waals surface area contributed by atoms with Gasteiger partial charge in [-0.2, -0.15) is 5.10 Å². The maximum atomic E-state index is 13.3. The van der Waals surface area contributed by atoms with E-state index in [4.69, 9.17) is 21.4 Å². The number of nitrogens with zero attached hydrogens (tertiary/aromatic N) is 2. The van der Waals surface area contributed by atoms with Crippen molar-refractivity contribution in [1.29, 1.82) is 0 Å². The van der Waals surface area contributed by atoms with Gasteiger partial charge in [-0.05, 0) is 24.6 Å². The summed E-state index contributed by atoms with van der Waals surface area (Å²) in [6.45, 7) is 1.79. The third-order valence-corrected chi connectivity index (χ3v) is 3.24. The number of rotatable bonds is 4. The molecule has 1 aromatic heterocycles. The molecule has 0 unspecified atom stereocenters. The fourth-order valence-electron chi connectivity index (χ4n) is 1.79. The smallest absolute Gasteiger partial charge is 0.133 e. The van der Waals surface area contributed by atoms with Crippen LogP contribution in [0.1, 0.15) is 16.8 Å². The third kappa shape index (κ3) is 3.05. The van der Waals surface area contributed by atoms with Gasteiger partial charge in [-0.3, -0.25) is 4.68 Å². The number of hydrogen-bond acceptors (Lipinski definition) is 3. The summed E-state index contributed by atoms with van der Waals surface area (Å²) in [5, 5.41) is 13.7. The molecule has 0 amide bonds. The molecule has 6 heteroatoms. The van der Waals surface area contributed by atoms with Crippen molar-refractivity contribution in [2.75, 3.05) is 0 Å². The van der Waals surface area contributed by atoms with Gasteiger partial charge in [0.25, 0.3) is 0 Å². The first kappa shape index (κ1) is 13.8. The van der Waals surface area contributed by atoms with Crippen LogP contribution in [-0.2, 0) is 20.3 Å². The van der Waals surface area contributed by atoms with E-state index in [0.717, 1.165) is 11.3 Å². The molecule has 2 aromatic rings. The molecule has 0 saturated carbocycles. The molecule has 1 heterocycles. The van der Waals surface area contributed by atoms with Gasteiger partial charge < -0.3 is 9.84 Å². The molecule has 0 fully saturated rings. The number of benzene rings is 1. The number of hydrogen-bond donors (Lipinski definition) is 1. The Balaban J connectivity index is 2.16. The first-order valence-corrected chi connectivity index (χ1v) is 6.10. The van der Waals surface area contributed by atoms with Gasteiger partial charge in [0.05, 0.1) is 12.3 Å². The van der Waals surface area contributed by atoms with Gasteiger partial charge in [-0.15, -0.1) is 0 Å². The van der Waals surface area contributed by atoms with E-state index in [2.05, 4.69) is 5.10 Å². The fraction of sp³-hybridized carbons (Fsp3) is 0.308. The van der Waals surface area contributed by atoms with E-state index in [0.29, 0.717) is 16.5 Å². The molecule has 1 aromatic carbocycles. The van der Waals surface area contributed by atoms with Gasteiger partial charge in [-0.25, -0.2) is 4.39 Å². The van der Waals surface area contributed by atoms with Crippen LogP contribution in [0.15, 0.2) is 18.2 Å². The summed E-state index contributed by atoms with van der Waals surface area (Å²) in [4.78, 5) is 0. The van der Waals surface area contributed by atoms with E-state index in [1.165, 1.54) is 12.1 Å². The van der Waals surface area contributed by atoms with Crippen LogP contribution < -0.4 is 4.74 Å². The average Bonchev–Trinajstić information content (AvgIpc) is 2.60. The van der Waals surface area contributed by atoms with Gasteiger partial charge in [0.1, 0.15) is 23.3 Å². The first-order valence-electron chi connectivity index (χ1n) is 5.72. The second-order valence-corrected chi connectivity index (χ2v) is 4.58. The predicted molar refractivity (Wildman–Crippen MR) is 69.6 cm³/mol. The molecule has 4 nitrogen and oxygen atoms in total. The van der Waals surface area contributed by atoms with Crippen LogP contribution in [0, 0.1) is 12.7 Å². The Bertz CT molecular complexity index is 599. The molecule has 0 atom stereocenters. The van der Waals surface area contributed by atoms with Crippen molar-refractivity contribution in [2.45, 2.75) is 20.1 Å². The standard InChI is InChI=1S/C13H14ClFN2O2/c1-8-12(13(14)17(2)16-8)7-19-11-4-9(6-18)3-10(15)5-11/h3-5,18H,6-7H2,1-2H3. The van der Waals surface area contributed by atoms with E-state index in [-0.39, 0.29) is 13.2 Å². The number of aromatic nitrogens is 2. The Labute approximate surface area is 115 Å². The summed E-state index contributed by atoms with van der Waals surface area (Å²) < 4.78 is 20.3. The van der Waals surface area contributed by atoms with Gasteiger partial charge >= 0.3 is 0 Å². The van der Waals surface area contributed by atoms with Crippen molar-refractivity contribution in [3.8, 4) is 5.75 Å². The van der Waals surface area contributed by atoms with Crippen LogP contribution in [0.4, 0.5) is 4.39 Å². The van der Waals surface area contributed by atoms with Crippen LogP contribution in [0.5, 0.6) is 5.75 Å². The Morgan fingerprint density at radius 3 is 2.74 bits per heavy atom. The fourth-order valence-corrected chi connectivity index (χ4v) is 2.02. The van der Waals surface area contributed by atoms with Gasteiger partial charge in [0.2, 0.25) is 0 Å². The minimum Gasteiger partial charge on any atom is -0.489 e. The molecule has 2 rings (SSSR count). The zero-order valence-electron chi connectivity index (χ0n) is 10.7. The van der Waals surface area contributed by atoms with E-state index in [1.807, 2.05) is 6.92 Å². The van der Waals surface area contributed by atoms with Crippen LogP contribution in [0.25, 0.3) is 0 Å². The molecule has 0 bridgehead atoms. The Morgan fingerprint density at radius 1 is 1.42 bits per heavy atom. The van der Waals surface area contributed by atoms with Crippen LogP contribution >= 0.6 is 11.6 Å². The normalized spacial score (nSPS) is 10.8. The number of aryl methyl sites for hydroxylation is 2. The summed E-state index contributed by atoms with van der Waals surface area (Å²) in [7, 11) is 1.74. The average molecular weight is 285 g/mol. The van der Waals surface area contributed by atoms with E-state index < -0.39 is 5.82 Å². The van der Waals surface area contributed by atoms with Crippen LogP contribution in [0.3, 0.4) is 0 Å². The molecule has 0 aliphatic heterocycles. The highest BCUT2D eigenvalue weighted by molar-refractivity contribution is 6.30. The third-order valence-electron chi connectivity index (χ3n) is 2.77. The van der Waals surface area contributed by atoms with E-state index in [9.17, 15) is 4.39 Å². The van der Waals surface area contributed by atoms with Crippen LogP contribution in [-0.4, -0.2) is 14.9 Å². The summed E-state index contributed by atoms with van der Waals surface area (Å²) in [6.07, 6.45) is 0. The minimum atomic E-state index is -0.449. The molecule has 0 aliphatic rings. The summed E-state index contributed by atoms with van der Waals surface area (Å²) in [5.74, 6) is -0.0982. The Hall–Kier alpha value is -1.59. The Kier molecular flexibility index (Phi) is 4.07. The lowest BCUT2D eigenvalue weighted by Crippen LogP contribution is -1.98. The number of ether oxygens (including phenoxy) is 1. The molecule has 0 radical (unpaired) electrons. The summed E-state index contributed by atoms with van der Waals surface area (Å²) in [6, 6.07) is 4.11. The van der Waals surface area contributed by atoms with Gasteiger partial charge in [-0.1, -0.05) is 11.6 Å². The largest absolute Gasteiger partial charge is 0.489 e. The maximum absolute atomic E-state index is 13.3. The molecule has 1 N–H and O–H groups in total. The molecule has 0 spiro atoms. The maximum Gasteiger partial charge on any atom is 0.133 e. The molecule has 0 aliphatic carbocycles. The summed E-state index contributed by atoms with van der Waals surface area (Å²) in [5.41, 5.74) is 1.99. The predicted octanol–water partition coefficient (Wildman–Crippen LogP) is 2.59. The van der Waals surface area contributed by atoms with Crippen molar-refractivity contribution in [1.82, 2.24) is 9.78 Å². The van der Waals surface area contributed by atoms with E-state index in [1.54, 1.807) is 17.8 Å². The number of aliphatic hydroxyl groups excluding tert-OH is 1. The molecule has 102 valence electrons. The topological polar surface area (TPSA) is 47.3 Å². The number of aliphatic hydroxyl groups is 1.